The molecule has 0 aliphatic heterocycles. The SMILES string of the molecule is O=C1C(Cl)C(Cl)C(Cl)(Cl)C1(Cl)Cl. The Bertz CT molecular complexity index is 224. The van der Waals surface area contributed by atoms with Gasteiger partial charge in [0, 0.05) is 0 Å². The molecule has 2 atom stereocenters. The number of carbonyl (C=O) groups excluding carboxylic acids is 1. The first-order valence-electron chi connectivity index (χ1n) is 2.81. The van der Waals surface area contributed by atoms with Crippen LogP contribution < -0.4 is 0 Å². The van der Waals surface area contributed by atoms with Crippen LogP contribution in [-0.4, -0.2) is 25.2 Å². The average Bonchev–Trinajstić information content (AvgIpc) is 2.05. The largest absolute Gasteiger partial charge is 0.294 e. The molecule has 1 saturated carbocycles. The number of rotatable bonds is 0. The van der Waals surface area contributed by atoms with Crippen LogP contribution in [0.25, 0.3) is 0 Å². The number of carbonyl (C=O) groups is 1. The van der Waals surface area contributed by atoms with Crippen molar-refractivity contribution in [3.05, 3.63) is 0 Å². The summed E-state index contributed by atoms with van der Waals surface area (Å²) < 4.78 is -3.68. The van der Waals surface area contributed by atoms with Crippen molar-refractivity contribution in [2.75, 3.05) is 0 Å². The van der Waals surface area contributed by atoms with Crippen molar-refractivity contribution in [2.24, 2.45) is 0 Å². The Morgan fingerprint density at radius 2 is 1.50 bits per heavy atom. The van der Waals surface area contributed by atoms with E-state index in [0.717, 1.165) is 0 Å². The van der Waals surface area contributed by atoms with Crippen LogP contribution in [0.5, 0.6) is 0 Å². The third-order valence-corrected chi connectivity index (χ3v) is 5.36. The Morgan fingerprint density at radius 3 is 1.58 bits per heavy atom. The highest BCUT2D eigenvalue weighted by molar-refractivity contribution is 6.74. The van der Waals surface area contributed by atoms with Crippen LogP contribution in [0.4, 0.5) is 0 Å². The first kappa shape index (κ1) is 11.5. The first-order chi connectivity index (χ1) is 5.23. The van der Waals surface area contributed by atoms with Crippen molar-refractivity contribution in [3.63, 3.8) is 0 Å². The lowest BCUT2D eigenvalue weighted by Crippen LogP contribution is -2.39. The number of halogens is 6. The van der Waals surface area contributed by atoms with Gasteiger partial charge in [-0.25, -0.2) is 0 Å². The van der Waals surface area contributed by atoms with E-state index in [2.05, 4.69) is 0 Å². The Kier molecular flexibility index (Phi) is 3.08. The Morgan fingerprint density at radius 1 is 1.08 bits per heavy atom. The van der Waals surface area contributed by atoms with Crippen molar-refractivity contribution < 1.29 is 4.79 Å². The summed E-state index contributed by atoms with van der Waals surface area (Å²) in [6.45, 7) is 0. The van der Waals surface area contributed by atoms with Gasteiger partial charge in [-0.1, -0.05) is 46.4 Å². The Labute approximate surface area is 99.2 Å². The smallest absolute Gasteiger partial charge is 0.211 e. The molecule has 1 nitrogen and oxygen atoms in total. The fourth-order valence-corrected chi connectivity index (χ4v) is 2.72. The van der Waals surface area contributed by atoms with E-state index in [-0.39, 0.29) is 0 Å². The average molecular weight is 291 g/mol. The lowest BCUT2D eigenvalue weighted by Gasteiger charge is -2.24. The van der Waals surface area contributed by atoms with E-state index in [1.165, 1.54) is 0 Å². The molecule has 0 bridgehead atoms. The zero-order valence-electron chi connectivity index (χ0n) is 5.33. The molecule has 0 N–H and O–H groups in total. The van der Waals surface area contributed by atoms with E-state index in [4.69, 9.17) is 69.6 Å². The van der Waals surface area contributed by atoms with Crippen molar-refractivity contribution in [1.82, 2.24) is 0 Å². The molecule has 1 aliphatic rings. The molecule has 0 aromatic carbocycles. The highest BCUT2D eigenvalue weighted by Crippen LogP contribution is 2.55. The maximum atomic E-state index is 11.2. The van der Waals surface area contributed by atoms with Gasteiger partial charge < -0.3 is 0 Å². The molecule has 1 rings (SSSR count). The molecule has 2 unspecified atom stereocenters. The van der Waals surface area contributed by atoms with Crippen LogP contribution >= 0.6 is 69.6 Å². The summed E-state index contributed by atoms with van der Waals surface area (Å²) in [5.74, 6) is -0.669. The standard InChI is InChI=1S/C5H2Cl6O/c6-1-2(7)4(8,9)5(10,11)3(1)12/h1-2H. The van der Waals surface area contributed by atoms with E-state index in [0.29, 0.717) is 0 Å². The highest BCUT2D eigenvalue weighted by atomic mass is 35.5. The molecule has 7 heteroatoms. The normalized spacial score (nSPS) is 38.7. The predicted octanol–water partition coefficient (Wildman–Crippen LogP) is 3.13. The summed E-state index contributed by atoms with van der Waals surface area (Å²) in [6.07, 6.45) is 0. The Balaban J connectivity index is 3.14. The second-order valence-corrected chi connectivity index (χ2v) is 6.02. The molecule has 0 spiro atoms. The van der Waals surface area contributed by atoms with Crippen LogP contribution in [0, 0.1) is 0 Å². The molecule has 0 radical (unpaired) electrons. The van der Waals surface area contributed by atoms with Crippen LogP contribution in [0.3, 0.4) is 0 Å². The van der Waals surface area contributed by atoms with Crippen LogP contribution in [0.1, 0.15) is 0 Å². The van der Waals surface area contributed by atoms with E-state index < -0.39 is 25.2 Å². The maximum absolute atomic E-state index is 11.2. The number of hydrogen-bond donors (Lipinski definition) is 0. The first-order valence-corrected chi connectivity index (χ1v) is 5.19. The van der Waals surface area contributed by atoms with E-state index in [9.17, 15) is 4.79 Å². The lowest BCUT2D eigenvalue weighted by molar-refractivity contribution is -0.117. The van der Waals surface area contributed by atoms with E-state index in [1.807, 2.05) is 0 Å². The zero-order valence-corrected chi connectivity index (χ0v) is 9.87. The lowest BCUT2D eigenvalue weighted by atomic mass is 10.3. The van der Waals surface area contributed by atoms with Gasteiger partial charge in [0.1, 0.15) is 5.38 Å². The van der Waals surface area contributed by atoms with Gasteiger partial charge in [-0.2, -0.15) is 0 Å². The second kappa shape index (κ2) is 3.22. The monoisotopic (exact) mass is 288 g/mol. The second-order valence-electron chi connectivity index (χ2n) is 2.37. The molecule has 12 heavy (non-hydrogen) atoms. The van der Waals surface area contributed by atoms with Crippen LogP contribution in [0.15, 0.2) is 0 Å². The third kappa shape index (κ3) is 1.34. The number of hydrogen-bond acceptors (Lipinski definition) is 1. The summed E-state index contributed by atoms with van der Waals surface area (Å²) in [7, 11) is 0. The fraction of sp³-hybridized carbons (Fsp3) is 0.800. The minimum absolute atomic E-state index is 0.669. The Hall–Kier alpha value is 1.41. The number of Topliss-reactive ketones (excluding diaryl/α,β-unsaturated/α-hetero) is 1. The van der Waals surface area contributed by atoms with Crippen molar-refractivity contribution in [3.8, 4) is 0 Å². The molecule has 0 aromatic heterocycles. The fourth-order valence-electron chi connectivity index (χ4n) is 0.827. The van der Waals surface area contributed by atoms with Gasteiger partial charge in [0.25, 0.3) is 0 Å². The van der Waals surface area contributed by atoms with Gasteiger partial charge in [-0.3, -0.25) is 4.79 Å². The zero-order chi connectivity index (χ0) is 9.73. The maximum Gasteiger partial charge on any atom is 0.211 e. The number of alkyl halides is 6. The summed E-state index contributed by atoms with van der Waals surface area (Å²) in [6, 6.07) is 0. The highest BCUT2D eigenvalue weighted by Gasteiger charge is 2.67. The van der Waals surface area contributed by atoms with E-state index in [1.54, 1.807) is 0 Å². The molecule has 1 aliphatic carbocycles. The van der Waals surface area contributed by atoms with Gasteiger partial charge in [0.05, 0.1) is 5.38 Å². The van der Waals surface area contributed by atoms with Crippen molar-refractivity contribution in [1.29, 1.82) is 0 Å². The van der Waals surface area contributed by atoms with Crippen LogP contribution in [-0.2, 0) is 4.79 Å². The molecule has 0 aromatic rings. The summed E-state index contributed by atoms with van der Waals surface area (Å²) >= 11 is 33.7. The summed E-state index contributed by atoms with van der Waals surface area (Å²) in [5.41, 5.74) is 0. The van der Waals surface area contributed by atoms with Gasteiger partial charge >= 0.3 is 0 Å². The van der Waals surface area contributed by atoms with Gasteiger partial charge in [-0.05, 0) is 0 Å². The van der Waals surface area contributed by atoms with Crippen molar-refractivity contribution in [2.45, 2.75) is 19.4 Å². The summed E-state index contributed by atoms with van der Waals surface area (Å²) in [5, 5.41) is -2.05. The third-order valence-electron chi connectivity index (χ3n) is 1.58. The molecule has 0 heterocycles. The summed E-state index contributed by atoms with van der Waals surface area (Å²) in [4.78, 5) is 11.2. The molecule has 0 saturated heterocycles. The van der Waals surface area contributed by atoms with Gasteiger partial charge in [-0.15, -0.1) is 23.2 Å². The molecule has 0 amide bonds. The molecular formula is C5H2Cl6O. The topological polar surface area (TPSA) is 17.1 Å². The minimum Gasteiger partial charge on any atom is -0.294 e. The van der Waals surface area contributed by atoms with E-state index >= 15 is 0 Å². The predicted molar refractivity (Wildman–Crippen MR) is 53.2 cm³/mol. The molecule has 70 valence electrons. The molecular weight excluding hydrogens is 289 g/mol. The van der Waals surface area contributed by atoms with Gasteiger partial charge in [0.2, 0.25) is 4.33 Å². The minimum atomic E-state index is -1.94. The quantitative estimate of drug-likeness (QED) is 0.627. The molecule has 1 fully saturated rings. The van der Waals surface area contributed by atoms with Crippen LogP contribution in [0.2, 0.25) is 0 Å². The van der Waals surface area contributed by atoms with Crippen molar-refractivity contribution >= 4 is 75.4 Å². The van der Waals surface area contributed by atoms with Gasteiger partial charge in [0.15, 0.2) is 10.1 Å². The number of ketones is 1.